The van der Waals surface area contributed by atoms with Gasteiger partial charge < -0.3 is 14.7 Å². The van der Waals surface area contributed by atoms with Crippen LogP contribution in [-0.4, -0.2) is 20.4 Å². The van der Waals surface area contributed by atoms with Gasteiger partial charge in [0.05, 0.1) is 5.56 Å². The predicted octanol–water partition coefficient (Wildman–Crippen LogP) is 2.74. The van der Waals surface area contributed by atoms with E-state index in [0.717, 1.165) is 12.8 Å². The summed E-state index contributed by atoms with van der Waals surface area (Å²) in [6.07, 6.45) is 1.71. The summed E-state index contributed by atoms with van der Waals surface area (Å²) in [5.41, 5.74) is 0.346. The SMILES string of the molecule is CC(C)CCc1noc(-c2cccc(O)c2O)n1. The van der Waals surface area contributed by atoms with Crippen LogP contribution in [0.1, 0.15) is 26.1 Å². The molecule has 0 bridgehead atoms. The number of phenolic OH excluding ortho intramolecular Hbond substituents is 2. The molecule has 0 aliphatic heterocycles. The average molecular weight is 248 g/mol. The maximum absolute atomic E-state index is 9.70. The highest BCUT2D eigenvalue weighted by molar-refractivity contribution is 5.66. The minimum absolute atomic E-state index is 0.200. The Hall–Kier alpha value is -2.04. The van der Waals surface area contributed by atoms with Gasteiger partial charge >= 0.3 is 0 Å². The number of aromatic hydroxyl groups is 2. The van der Waals surface area contributed by atoms with Crippen molar-refractivity contribution in [1.29, 1.82) is 0 Å². The third-order valence-corrected chi connectivity index (χ3v) is 2.66. The molecule has 0 fully saturated rings. The number of hydrogen-bond donors (Lipinski definition) is 2. The van der Waals surface area contributed by atoms with Gasteiger partial charge in [-0.2, -0.15) is 4.98 Å². The van der Waals surface area contributed by atoms with Crippen molar-refractivity contribution in [3.05, 3.63) is 24.0 Å². The van der Waals surface area contributed by atoms with Gasteiger partial charge in [0.2, 0.25) is 0 Å². The second kappa shape index (κ2) is 5.08. The van der Waals surface area contributed by atoms with Crippen molar-refractivity contribution in [3.63, 3.8) is 0 Å². The highest BCUT2D eigenvalue weighted by Crippen LogP contribution is 2.35. The monoisotopic (exact) mass is 248 g/mol. The molecule has 5 nitrogen and oxygen atoms in total. The first kappa shape index (κ1) is 12.4. The van der Waals surface area contributed by atoms with E-state index in [1.165, 1.54) is 6.07 Å². The van der Waals surface area contributed by atoms with Crippen LogP contribution in [0.3, 0.4) is 0 Å². The molecule has 18 heavy (non-hydrogen) atoms. The van der Waals surface area contributed by atoms with Crippen LogP contribution in [0.5, 0.6) is 11.5 Å². The molecule has 0 aliphatic carbocycles. The van der Waals surface area contributed by atoms with E-state index in [1.807, 2.05) is 0 Å². The minimum Gasteiger partial charge on any atom is -0.504 e. The number of nitrogens with zero attached hydrogens (tertiary/aromatic N) is 2. The zero-order valence-corrected chi connectivity index (χ0v) is 10.4. The van der Waals surface area contributed by atoms with E-state index in [9.17, 15) is 10.2 Å². The highest BCUT2D eigenvalue weighted by Gasteiger charge is 2.15. The second-order valence-electron chi connectivity index (χ2n) is 4.62. The van der Waals surface area contributed by atoms with E-state index in [0.29, 0.717) is 17.3 Å². The Labute approximate surface area is 105 Å². The summed E-state index contributed by atoms with van der Waals surface area (Å²) >= 11 is 0. The highest BCUT2D eigenvalue weighted by atomic mass is 16.5. The lowest BCUT2D eigenvalue weighted by atomic mass is 10.1. The number of benzene rings is 1. The molecule has 2 rings (SSSR count). The minimum atomic E-state index is -0.239. The third-order valence-electron chi connectivity index (χ3n) is 2.66. The average Bonchev–Trinajstić information content (AvgIpc) is 2.78. The van der Waals surface area contributed by atoms with Gasteiger partial charge in [0.15, 0.2) is 17.3 Å². The fourth-order valence-electron chi connectivity index (χ4n) is 1.59. The lowest BCUT2D eigenvalue weighted by molar-refractivity contribution is 0.395. The number of phenols is 2. The molecule has 0 atom stereocenters. The van der Waals surface area contributed by atoms with Crippen LogP contribution in [0.25, 0.3) is 11.5 Å². The molecule has 2 aromatic rings. The number of para-hydroxylation sites is 1. The zero-order valence-electron chi connectivity index (χ0n) is 10.4. The largest absolute Gasteiger partial charge is 0.504 e. The molecule has 0 radical (unpaired) electrons. The summed E-state index contributed by atoms with van der Waals surface area (Å²) in [6.45, 7) is 4.25. The summed E-state index contributed by atoms with van der Waals surface area (Å²) in [5.74, 6) is 0.968. The van der Waals surface area contributed by atoms with Gasteiger partial charge in [0, 0.05) is 6.42 Å². The van der Waals surface area contributed by atoms with Crippen LogP contribution in [0.15, 0.2) is 22.7 Å². The van der Waals surface area contributed by atoms with Gasteiger partial charge in [-0.15, -0.1) is 0 Å². The lowest BCUT2D eigenvalue weighted by Crippen LogP contribution is -1.93. The van der Waals surface area contributed by atoms with Gasteiger partial charge in [-0.05, 0) is 24.5 Å². The number of hydrogen-bond acceptors (Lipinski definition) is 5. The number of aryl methyl sites for hydroxylation is 1. The summed E-state index contributed by atoms with van der Waals surface area (Å²) in [4.78, 5) is 4.21. The van der Waals surface area contributed by atoms with Crippen LogP contribution in [0.4, 0.5) is 0 Å². The number of aromatic nitrogens is 2. The van der Waals surface area contributed by atoms with E-state index in [1.54, 1.807) is 12.1 Å². The van der Waals surface area contributed by atoms with Gasteiger partial charge in [-0.25, -0.2) is 0 Å². The molecule has 5 heteroatoms. The van der Waals surface area contributed by atoms with E-state index in [-0.39, 0.29) is 17.4 Å². The maximum atomic E-state index is 9.70. The summed E-state index contributed by atoms with van der Waals surface area (Å²) in [6, 6.07) is 4.63. The summed E-state index contributed by atoms with van der Waals surface area (Å²) in [5, 5.41) is 23.0. The fraction of sp³-hybridized carbons (Fsp3) is 0.385. The Balaban J connectivity index is 2.21. The van der Waals surface area contributed by atoms with Crippen molar-refractivity contribution in [2.45, 2.75) is 26.7 Å². The molecule has 1 aromatic heterocycles. The van der Waals surface area contributed by atoms with Crippen LogP contribution in [-0.2, 0) is 6.42 Å². The molecular formula is C13H16N2O3. The molecule has 1 aromatic carbocycles. The van der Waals surface area contributed by atoms with Crippen molar-refractivity contribution in [2.75, 3.05) is 0 Å². The zero-order chi connectivity index (χ0) is 13.1. The van der Waals surface area contributed by atoms with E-state index in [4.69, 9.17) is 4.52 Å². The topological polar surface area (TPSA) is 79.4 Å². The maximum Gasteiger partial charge on any atom is 0.261 e. The van der Waals surface area contributed by atoms with Crippen LogP contribution < -0.4 is 0 Å². The molecule has 0 aliphatic rings. The van der Waals surface area contributed by atoms with Crippen LogP contribution in [0.2, 0.25) is 0 Å². The van der Waals surface area contributed by atoms with Gasteiger partial charge in [-0.3, -0.25) is 0 Å². The Bertz CT molecular complexity index is 535. The molecule has 2 N–H and O–H groups in total. The van der Waals surface area contributed by atoms with Gasteiger partial charge in [-0.1, -0.05) is 25.1 Å². The molecule has 1 heterocycles. The lowest BCUT2D eigenvalue weighted by Gasteiger charge is -2.00. The van der Waals surface area contributed by atoms with Crippen molar-refractivity contribution in [1.82, 2.24) is 10.1 Å². The van der Waals surface area contributed by atoms with Crippen LogP contribution in [0, 0.1) is 5.92 Å². The molecule has 0 spiro atoms. The quantitative estimate of drug-likeness (QED) is 0.813. The standard InChI is InChI=1S/C13H16N2O3/c1-8(2)6-7-11-14-13(18-15-11)9-4-3-5-10(16)12(9)17/h3-5,8,16-17H,6-7H2,1-2H3. The molecule has 0 amide bonds. The summed E-state index contributed by atoms with van der Waals surface area (Å²) in [7, 11) is 0. The van der Waals surface area contributed by atoms with Gasteiger partial charge in [0.1, 0.15) is 0 Å². The van der Waals surface area contributed by atoms with E-state index < -0.39 is 0 Å². The third kappa shape index (κ3) is 2.61. The second-order valence-corrected chi connectivity index (χ2v) is 4.62. The molecule has 96 valence electrons. The Morgan fingerprint density at radius 1 is 1.28 bits per heavy atom. The molecule has 0 unspecified atom stereocenters. The molecular weight excluding hydrogens is 232 g/mol. The van der Waals surface area contributed by atoms with Crippen molar-refractivity contribution >= 4 is 0 Å². The van der Waals surface area contributed by atoms with E-state index in [2.05, 4.69) is 24.0 Å². The van der Waals surface area contributed by atoms with E-state index >= 15 is 0 Å². The Morgan fingerprint density at radius 2 is 2.06 bits per heavy atom. The summed E-state index contributed by atoms with van der Waals surface area (Å²) < 4.78 is 5.09. The Kier molecular flexibility index (Phi) is 3.50. The van der Waals surface area contributed by atoms with Crippen molar-refractivity contribution < 1.29 is 14.7 Å². The normalized spacial score (nSPS) is 11.1. The molecule has 0 saturated heterocycles. The Morgan fingerprint density at radius 3 is 2.78 bits per heavy atom. The number of rotatable bonds is 4. The van der Waals surface area contributed by atoms with Crippen LogP contribution >= 0.6 is 0 Å². The first-order valence-corrected chi connectivity index (χ1v) is 5.92. The molecule has 0 saturated carbocycles. The fourth-order valence-corrected chi connectivity index (χ4v) is 1.59. The van der Waals surface area contributed by atoms with Crippen molar-refractivity contribution in [2.24, 2.45) is 5.92 Å². The van der Waals surface area contributed by atoms with Gasteiger partial charge in [0.25, 0.3) is 5.89 Å². The van der Waals surface area contributed by atoms with Crippen molar-refractivity contribution in [3.8, 4) is 23.0 Å². The predicted molar refractivity (Wildman–Crippen MR) is 66.2 cm³/mol. The first-order valence-electron chi connectivity index (χ1n) is 5.92. The smallest absolute Gasteiger partial charge is 0.261 e. The first-order chi connectivity index (χ1) is 8.58.